The molecule has 1 atom stereocenters. The number of benzene rings is 2. The van der Waals surface area contributed by atoms with Gasteiger partial charge in [0, 0.05) is 11.2 Å². The highest BCUT2D eigenvalue weighted by Gasteiger charge is 2.44. The molecule has 0 saturated heterocycles. The molecular formula is C26H20Cl2N2O4. The van der Waals surface area contributed by atoms with E-state index < -0.39 is 11.9 Å². The lowest BCUT2D eigenvalue weighted by Crippen LogP contribution is -2.30. The van der Waals surface area contributed by atoms with Crippen LogP contribution in [0, 0.1) is 0 Å². The smallest absolute Gasteiger partial charge is 0.296 e. The molecule has 0 aliphatic carbocycles. The van der Waals surface area contributed by atoms with E-state index in [-0.39, 0.29) is 16.8 Å². The molecule has 1 unspecified atom stereocenters. The summed E-state index contributed by atoms with van der Waals surface area (Å²) in [6, 6.07) is 14.7. The third-order valence-corrected chi connectivity index (χ3v) is 6.21. The second-order valence-corrected chi connectivity index (χ2v) is 8.87. The van der Waals surface area contributed by atoms with Gasteiger partial charge in [0.2, 0.25) is 5.76 Å². The molecule has 4 aromatic rings. The fourth-order valence-corrected chi connectivity index (χ4v) is 4.37. The summed E-state index contributed by atoms with van der Waals surface area (Å²) in [7, 11) is 0. The van der Waals surface area contributed by atoms with Crippen LogP contribution < -0.4 is 15.1 Å². The first-order valence-corrected chi connectivity index (χ1v) is 11.7. The molecule has 0 bridgehead atoms. The number of rotatable bonds is 6. The van der Waals surface area contributed by atoms with Crippen LogP contribution in [0.4, 0.5) is 5.82 Å². The third-order valence-electron chi connectivity index (χ3n) is 5.75. The summed E-state index contributed by atoms with van der Waals surface area (Å²) in [6.45, 7) is 2.72. The Morgan fingerprint density at radius 3 is 2.50 bits per heavy atom. The van der Waals surface area contributed by atoms with E-state index in [1.165, 1.54) is 11.1 Å². The molecule has 172 valence electrons. The normalized spacial score (nSPS) is 15.1. The Bertz CT molecular complexity index is 1430. The van der Waals surface area contributed by atoms with E-state index in [2.05, 4.69) is 11.9 Å². The maximum atomic E-state index is 13.6. The van der Waals surface area contributed by atoms with Crippen molar-refractivity contribution in [1.82, 2.24) is 4.98 Å². The van der Waals surface area contributed by atoms with Crippen molar-refractivity contribution in [2.45, 2.75) is 25.8 Å². The lowest BCUT2D eigenvalue weighted by Gasteiger charge is -2.24. The van der Waals surface area contributed by atoms with Crippen LogP contribution in [-0.2, 0) is 0 Å². The summed E-state index contributed by atoms with van der Waals surface area (Å²) in [6.07, 6.45) is 3.45. The Balaban J connectivity index is 1.67. The molecule has 8 heteroatoms. The molecule has 1 amide bonds. The third kappa shape index (κ3) is 3.93. The number of hydrogen-bond acceptors (Lipinski definition) is 5. The molecule has 5 rings (SSSR count). The molecule has 6 nitrogen and oxygen atoms in total. The molecule has 2 aromatic carbocycles. The van der Waals surface area contributed by atoms with Crippen LogP contribution in [0.3, 0.4) is 0 Å². The molecule has 0 radical (unpaired) electrons. The number of anilines is 1. The predicted octanol–water partition coefficient (Wildman–Crippen LogP) is 6.42. The average Bonchev–Trinajstić information content (AvgIpc) is 3.13. The van der Waals surface area contributed by atoms with Crippen LogP contribution in [0.15, 0.2) is 70.0 Å². The number of fused-ring (bicyclic) bond motifs is 2. The monoisotopic (exact) mass is 494 g/mol. The van der Waals surface area contributed by atoms with Crippen molar-refractivity contribution in [3.8, 4) is 5.75 Å². The van der Waals surface area contributed by atoms with E-state index in [0.717, 1.165) is 24.2 Å². The Labute approximate surface area is 205 Å². The van der Waals surface area contributed by atoms with E-state index in [1.807, 2.05) is 24.3 Å². The highest BCUT2D eigenvalue weighted by Crippen LogP contribution is 2.41. The SMILES string of the molecule is CCCCOc1ccc(C2c3c(oc4ccc(Cl)cc4c3=O)C(=O)N2c2ccc(Cl)cn2)cc1. The minimum atomic E-state index is -0.736. The number of unbranched alkanes of at least 4 members (excludes halogenated alkanes) is 1. The summed E-state index contributed by atoms with van der Waals surface area (Å²) in [5.74, 6) is 0.614. The number of carbonyl (C=O) groups is 1. The van der Waals surface area contributed by atoms with Crippen molar-refractivity contribution >= 4 is 45.9 Å². The largest absolute Gasteiger partial charge is 0.494 e. The van der Waals surface area contributed by atoms with Crippen molar-refractivity contribution in [1.29, 1.82) is 0 Å². The first-order chi connectivity index (χ1) is 16.5. The van der Waals surface area contributed by atoms with Gasteiger partial charge in [0.15, 0.2) is 5.43 Å². The van der Waals surface area contributed by atoms with Crippen LogP contribution >= 0.6 is 23.2 Å². The van der Waals surface area contributed by atoms with Gasteiger partial charge in [-0.05, 0) is 54.4 Å². The van der Waals surface area contributed by atoms with Crippen molar-refractivity contribution in [2.75, 3.05) is 11.5 Å². The van der Waals surface area contributed by atoms with Crippen molar-refractivity contribution in [3.05, 3.63) is 97.9 Å². The Hall–Kier alpha value is -3.35. The zero-order chi connectivity index (χ0) is 23.8. The predicted molar refractivity (Wildman–Crippen MR) is 132 cm³/mol. The Morgan fingerprint density at radius 1 is 1.03 bits per heavy atom. The van der Waals surface area contributed by atoms with Gasteiger partial charge in [-0.2, -0.15) is 0 Å². The number of amides is 1. The summed E-state index contributed by atoms with van der Waals surface area (Å²) in [5, 5.41) is 1.16. The molecule has 3 heterocycles. The minimum Gasteiger partial charge on any atom is -0.494 e. The molecule has 0 N–H and O–H groups in total. The quantitative estimate of drug-likeness (QED) is 0.289. The van der Waals surface area contributed by atoms with E-state index in [0.29, 0.717) is 33.4 Å². The van der Waals surface area contributed by atoms with E-state index in [4.69, 9.17) is 32.4 Å². The zero-order valence-electron chi connectivity index (χ0n) is 18.3. The van der Waals surface area contributed by atoms with Gasteiger partial charge in [-0.15, -0.1) is 0 Å². The van der Waals surface area contributed by atoms with Gasteiger partial charge in [0.25, 0.3) is 5.91 Å². The topological polar surface area (TPSA) is 72.6 Å². The van der Waals surface area contributed by atoms with Crippen LogP contribution in [0.1, 0.15) is 47.5 Å². The van der Waals surface area contributed by atoms with Gasteiger partial charge >= 0.3 is 0 Å². The highest BCUT2D eigenvalue weighted by atomic mass is 35.5. The number of halogens is 2. The standard InChI is InChI=1S/C26H20Cl2N2O4/c1-2-3-12-33-18-8-4-15(5-9-18)23-22-24(31)19-13-16(27)6-10-20(19)34-25(22)26(32)30(23)21-11-7-17(28)14-29-21/h4-11,13-14,23H,2-3,12H2,1H3. The van der Waals surface area contributed by atoms with Crippen LogP contribution in [0.5, 0.6) is 5.75 Å². The van der Waals surface area contributed by atoms with Crippen molar-refractivity contribution in [2.24, 2.45) is 0 Å². The fraction of sp³-hybridized carbons (Fsp3) is 0.192. The minimum absolute atomic E-state index is 0.00940. The van der Waals surface area contributed by atoms with Crippen LogP contribution in [0.25, 0.3) is 11.0 Å². The molecule has 34 heavy (non-hydrogen) atoms. The maximum Gasteiger partial charge on any atom is 0.296 e. The average molecular weight is 495 g/mol. The summed E-state index contributed by atoms with van der Waals surface area (Å²) in [4.78, 5) is 32.9. The lowest BCUT2D eigenvalue weighted by molar-refractivity contribution is 0.0970. The summed E-state index contributed by atoms with van der Waals surface area (Å²) >= 11 is 12.2. The lowest BCUT2D eigenvalue weighted by atomic mass is 9.98. The number of ether oxygens (including phenoxy) is 1. The molecule has 0 spiro atoms. The Kier molecular flexibility index (Phi) is 6.02. The Morgan fingerprint density at radius 2 is 1.79 bits per heavy atom. The number of pyridine rings is 1. The highest BCUT2D eigenvalue weighted by molar-refractivity contribution is 6.31. The molecule has 2 aromatic heterocycles. The number of carbonyl (C=O) groups excluding carboxylic acids is 1. The first kappa shape index (κ1) is 22.4. The molecule has 0 saturated carbocycles. The van der Waals surface area contributed by atoms with Gasteiger partial charge in [-0.3, -0.25) is 14.5 Å². The summed E-state index contributed by atoms with van der Waals surface area (Å²) < 4.78 is 11.7. The zero-order valence-corrected chi connectivity index (χ0v) is 19.8. The number of aromatic nitrogens is 1. The second-order valence-electron chi connectivity index (χ2n) is 8.00. The summed E-state index contributed by atoms with van der Waals surface area (Å²) in [5.41, 5.74) is 0.958. The van der Waals surface area contributed by atoms with Gasteiger partial charge in [0.05, 0.1) is 28.6 Å². The molecule has 1 aliphatic rings. The first-order valence-electron chi connectivity index (χ1n) is 10.9. The van der Waals surface area contributed by atoms with E-state index >= 15 is 0 Å². The number of nitrogens with zero attached hydrogens (tertiary/aromatic N) is 2. The van der Waals surface area contributed by atoms with E-state index in [9.17, 15) is 9.59 Å². The molecular weight excluding hydrogens is 475 g/mol. The van der Waals surface area contributed by atoms with Crippen molar-refractivity contribution < 1.29 is 13.9 Å². The van der Waals surface area contributed by atoms with Gasteiger partial charge in [-0.1, -0.05) is 48.7 Å². The number of hydrogen-bond donors (Lipinski definition) is 0. The van der Waals surface area contributed by atoms with Gasteiger partial charge in [0.1, 0.15) is 17.2 Å². The second kappa shape index (κ2) is 9.12. The molecule has 1 aliphatic heterocycles. The maximum absolute atomic E-state index is 13.6. The van der Waals surface area contributed by atoms with Crippen molar-refractivity contribution in [3.63, 3.8) is 0 Å². The van der Waals surface area contributed by atoms with Crippen LogP contribution in [0.2, 0.25) is 10.0 Å². The van der Waals surface area contributed by atoms with E-state index in [1.54, 1.807) is 30.3 Å². The molecule has 0 fully saturated rings. The van der Waals surface area contributed by atoms with Gasteiger partial charge in [-0.25, -0.2) is 4.98 Å². The van der Waals surface area contributed by atoms with Crippen LogP contribution in [-0.4, -0.2) is 17.5 Å². The van der Waals surface area contributed by atoms with Gasteiger partial charge < -0.3 is 9.15 Å². The fourth-order valence-electron chi connectivity index (χ4n) is 4.09.